The van der Waals surface area contributed by atoms with Crippen LogP contribution in [-0.2, 0) is 21.3 Å². The van der Waals surface area contributed by atoms with Crippen molar-refractivity contribution in [2.24, 2.45) is 0 Å². The number of thioether (sulfide) groups is 1. The molecule has 0 aliphatic carbocycles. The van der Waals surface area contributed by atoms with Crippen molar-refractivity contribution < 1.29 is 13.2 Å². The molecule has 0 bridgehead atoms. The van der Waals surface area contributed by atoms with E-state index in [1.807, 2.05) is 29.5 Å². The molecule has 3 aromatic rings. The zero-order valence-electron chi connectivity index (χ0n) is 16.5. The summed E-state index contributed by atoms with van der Waals surface area (Å²) < 4.78 is 33.7. The maximum atomic E-state index is 13.0. The van der Waals surface area contributed by atoms with E-state index < -0.39 is 10.0 Å². The van der Waals surface area contributed by atoms with Gasteiger partial charge in [0.15, 0.2) is 5.16 Å². The highest BCUT2D eigenvalue weighted by molar-refractivity contribution is 7.99. The molecule has 2 aromatic heterocycles. The van der Waals surface area contributed by atoms with Crippen molar-refractivity contribution >= 4 is 38.5 Å². The second-order valence-corrected chi connectivity index (χ2v) is 9.41. The lowest BCUT2D eigenvalue weighted by Crippen LogP contribution is -2.24. The number of hydrogen-bond acceptors (Lipinski definition) is 7. The van der Waals surface area contributed by atoms with Crippen LogP contribution < -0.4 is 10.3 Å². The third-order valence-corrected chi connectivity index (χ3v) is 6.01. The summed E-state index contributed by atoms with van der Waals surface area (Å²) in [6.07, 6.45) is 2.50. The maximum absolute atomic E-state index is 13.0. The first-order valence-electron chi connectivity index (χ1n) is 9.44. The van der Waals surface area contributed by atoms with Crippen LogP contribution in [0.15, 0.2) is 34.2 Å². The number of ether oxygens (including phenoxy) is 1. The lowest BCUT2D eigenvalue weighted by atomic mass is 10.2. The van der Waals surface area contributed by atoms with Gasteiger partial charge in [-0.25, -0.2) is 13.1 Å². The number of sulfonamides is 1. The Balaban J connectivity index is 1.88. The second-order valence-electron chi connectivity index (χ2n) is 6.51. The predicted octanol–water partition coefficient (Wildman–Crippen LogP) is 1.50. The van der Waals surface area contributed by atoms with E-state index in [0.717, 1.165) is 11.8 Å². The van der Waals surface area contributed by atoms with Gasteiger partial charge in [-0.1, -0.05) is 23.9 Å². The van der Waals surface area contributed by atoms with Gasteiger partial charge < -0.3 is 4.74 Å². The van der Waals surface area contributed by atoms with Crippen molar-refractivity contribution in [3.63, 3.8) is 0 Å². The fourth-order valence-corrected chi connectivity index (χ4v) is 4.38. The highest BCUT2D eigenvalue weighted by Gasteiger charge is 2.16. The van der Waals surface area contributed by atoms with E-state index in [1.54, 1.807) is 10.6 Å². The SMILES string of the molecule is CCOCCCn1c(=O)c2ccccc2n2c(SCCCNS(C)(=O)=O)nnc12. The first-order chi connectivity index (χ1) is 13.9. The van der Waals surface area contributed by atoms with E-state index in [1.165, 1.54) is 11.8 Å². The normalized spacial score (nSPS) is 12.2. The van der Waals surface area contributed by atoms with Crippen LogP contribution in [-0.4, -0.2) is 59.4 Å². The van der Waals surface area contributed by atoms with Crippen LogP contribution in [0.4, 0.5) is 0 Å². The van der Waals surface area contributed by atoms with Crippen LogP contribution in [0.3, 0.4) is 0 Å². The number of nitrogens with one attached hydrogen (secondary N) is 1. The molecule has 9 nitrogen and oxygen atoms in total. The molecule has 0 amide bonds. The molecule has 29 heavy (non-hydrogen) atoms. The molecule has 3 rings (SSSR count). The third-order valence-electron chi connectivity index (χ3n) is 4.27. The van der Waals surface area contributed by atoms with Crippen LogP contribution in [0.25, 0.3) is 16.7 Å². The largest absolute Gasteiger partial charge is 0.382 e. The summed E-state index contributed by atoms with van der Waals surface area (Å²) in [5.74, 6) is 1.17. The smallest absolute Gasteiger partial charge is 0.262 e. The predicted molar refractivity (Wildman–Crippen MR) is 114 cm³/mol. The fourth-order valence-electron chi connectivity index (χ4n) is 2.99. The molecule has 158 valence electrons. The van der Waals surface area contributed by atoms with Gasteiger partial charge >= 0.3 is 0 Å². The molecule has 0 aliphatic rings. The zero-order valence-corrected chi connectivity index (χ0v) is 18.1. The molecule has 0 fully saturated rings. The molecular formula is C18H25N5O4S2. The van der Waals surface area contributed by atoms with Crippen molar-refractivity contribution in [1.82, 2.24) is 23.9 Å². The molecule has 0 saturated carbocycles. The number of aromatic nitrogens is 4. The minimum Gasteiger partial charge on any atom is -0.382 e. The van der Waals surface area contributed by atoms with Gasteiger partial charge in [0.1, 0.15) is 0 Å². The number of fused-ring (bicyclic) bond motifs is 3. The zero-order chi connectivity index (χ0) is 20.9. The molecule has 1 N–H and O–H groups in total. The fraction of sp³-hybridized carbons (Fsp3) is 0.500. The van der Waals surface area contributed by atoms with E-state index in [-0.39, 0.29) is 5.56 Å². The van der Waals surface area contributed by atoms with Crippen molar-refractivity contribution in [3.8, 4) is 0 Å². The Morgan fingerprint density at radius 3 is 2.76 bits per heavy atom. The lowest BCUT2D eigenvalue weighted by Gasteiger charge is -2.11. The Morgan fingerprint density at radius 1 is 1.21 bits per heavy atom. The Morgan fingerprint density at radius 2 is 2.00 bits per heavy atom. The van der Waals surface area contributed by atoms with Crippen LogP contribution >= 0.6 is 11.8 Å². The second kappa shape index (κ2) is 9.70. The molecule has 0 atom stereocenters. The maximum Gasteiger partial charge on any atom is 0.262 e. The molecule has 0 saturated heterocycles. The highest BCUT2D eigenvalue weighted by Crippen LogP contribution is 2.22. The molecule has 0 aliphatic heterocycles. The summed E-state index contributed by atoms with van der Waals surface area (Å²) in [7, 11) is -3.19. The van der Waals surface area contributed by atoms with Crippen LogP contribution in [0.2, 0.25) is 0 Å². The number of aryl methyl sites for hydroxylation is 1. The van der Waals surface area contributed by atoms with E-state index in [0.29, 0.717) is 61.2 Å². The Labute approximate surface area is 173 Å². The third kappa shape index (κ3) is 5.35. The summed E-state index contributed by atoms with van der Waals surface area (Å²) >= 11 is 1.48. The van der Waals surface area contributed by atoms with Crippen molar-refractivity contribution in [2.45, 2.75) is 31.5 Å². The lowest BCUT2D eigenvalue weighted by molar-refractivity contribution is 0.141. The number of para-hydroxylation sites is 1. The Hall–Kier alpha value is -1.95. The summed E-state index contributed by atoms with van der Waals surface area (Å²) in [6.45, 7) is 4.01. The van der Waals surface area contributed by atoms with Gasteiger partial charge in [-0.3, -0.25) is 13.8 Å². The molecule has 11 heteroatoms. The average Bonchev–Trinajstić information content (AvgIpc) is 3.10. The van der Waals surface area contributed by atoms with Crippen LogP contribution in [0.1, 0.15) is 19.8 Å². The van der Waals surface area contributed by atoms with E-state index in [2.05, 4.69) is 14.9 Å². The number of hydrogen-bond donors (Lipinski definition) is 1. The van der Waals surface area contributed by atoms with Crippen molar-refractivity contribution in [2.75, 3.05) is 31.8 Å². The van der Waals surface area contributed by atoms with Crippen LogP contribution in [0.5, 0.6) is 0 Å². The van der Waals surface area contributed by atoms with Crippen molar-refractivity contribution in [3.05, 3.63) is 34.6 Å². The molecule has 0 unspecified atom stereocenters. The Kier molecular flexibility index (Phi) is 7.28. The monoisotopic (exact) mass is 439 g/mol. The summed E-state index contributed by atoms with van der Waals surface area (Å²) in [5.41, 5.74) is 0.668. The molecular weight excluding hydrogens is 414 g/mol. The van der Waals surface area contributed by atoms with Crippen molar-refractivity contribution in [1.29, 1.82) is 0 Å². The van der Waals surface area contributed by atoms with E-state index in [4.69, 9.17) is 4.74 Å². The van der Waals surface area contributed by atoms with Gasteiger partial charge in [0, 0.05) is 32.1 Å². The minimum atomic E-state index is -3.19. The van der Waals surface area contributed by atoms with Gasteiger partial charge in [-0.2, -0.15) is 0 Å². The summed E-state index contributed by atoms with van der Waals surface area (Å²) in [6, 6.07) is 7.41. The van der Waals surface area contributed by atoms with Gasteiger partial charge in [-0.05, 0) is 31.9 Å². The topological polar surface area (TPSA) is 108 Å². The van der Waals surface area contributed by atoms with Crippen LogP contribution in [0, 0.1) is 0 Å². The molecule has 0 radical (unpaired) electrons. The Bertz CT molecular complexity index is 1140. The average molecular weight is 440 g/mol. The molecule has 1 aromatic carbocycles. The minimum absolute atomic E-state index is 0.0918. The first-order valence-corrected chi connectivity index (χ1v) is 12.3. The number of rotatable bonds is 11. The van der Waals surface area contributed by atoms with Gasteiger partial charge in [0.25, 0.3) is 5.56 Å². The van der Waals surface area contributed by atoms with E-state index in [9.17, 15) is 13.2 Å². The first kappa shape index (κ1) is 21.8. The highest BCUT2D eigenvalue weighted by atomic mass is 32.2. The van der Waals surface area contributed by atoms with Gasteiger partial charge in [0.2, 0.25) is 15.8 Å². The van der Waals surface area contributed by atoms with E-state index >= 15 is 0 Å². The summed E-state index contributed by atoms with van der Waals surface area (Å²) in [5, 5.41) is 9.84. The molecule has 2 heterocycles. The standard InChI is InChI=1S/C18H25N5O4S2/c1-3-27-12-7-11-22-16(24)14-8-4-5-9-15(14)23-17(22)20-21-18(23)28-13-6-10-19-29(2,25)26/h4-5,8-9,19H,3,6-7,10-13H2,1-2H3. The molecule has 0 spiro atoms. The number of benzene rings is 1. The van der Waals surface area contributed by atoms with Gasteiger partial charge in [0.05, 0.1) is 17.2 Å². The quantitative estimate of drug-likeness (QED) is 0.356. The number of nitrogens with zero attached hydrogens (tertiary/aromatic N) is 4. The summed E-state index contributed by atoms with van der Waals surface area (Å²) in [4.78, 5) is 13.0. The van der Waals surface area contributed by atoms with Gasteiger partial charge in [-0.15, -0.1) is 10.2 Å².